The molecular formula is C19H23N3O3. The van der Waals surface area contributed by atoms with Gasteiger partial charge in [-0.05, 0) is 37.3 Å². The van der Waals surface area contributed by atoms with Crippen molar-refractivity contribution in [2.24, 2.45) is 0 Å². The third-order valence-corrected chi connectivity index (χ3v) is 4.43. The van der Waals surface area contributed by atoms with Crippen LogP contribution in [0.2, 0.25) is 0 Å². The largest absolute Gasteiger partial charge is 0.462 e. The number of carbonyl (C=O) groups excluding carboxylic acids is 2. The van der Waals surface area contributed by atoms with Gasteiger partial charge >= 0.3 is 5.97 Å². The van der Waals surface area contributed by atoms with E-state index in [0.717, 1.165) is 24.5 Å². The normalized spacial score (nSPS) is 14.5. The molecule has 1 aromatic carbocycles. The third kappa shape index (κ3) is 3.68. The molecular weight excluding hydrogens is 318 g/mol. The van der Waals surface area contributed by atoms with Gasteiger partial charge in [-0.1, -0.05) is 0 Å². The van der Waals surface area contributed by atoms with E-state index in [9.17, 15) is 9.59 Å². The number of piperazine rings is 1. The number of aromatic nitrogens is 1. The summed E-state index contributed by atoms with van der Waals surface area (Å²) >= 11 is 0. The van der Waals surface area contributed by atoms with Crippen LogP contribution in [0.15, 0.2) is 42.7 Å². The van der Waals surface area contributed by atoms with Crippen LogP contribution < -0.4 is 4.90 Å². The second kappa shape index (κ2) is 7.42. The van der Waals surface area contributed by atoms with Crippen LogP contribution in [0.5, 0.6) is 0 Å². The Hall–Kier alpha value is -2.76. The van der Waals surface area contributed by atoms with Crippen molar-refractivity contribution in [1.82, 2.24) is 9.47 Å². The summed E-state index contributed by atoms with van der Waals surface area (Å²) in [6.07, 6.45) is 3.92. The van der Waals surface area contributed by atoms with E-state index in [2.05, 4.69) is 4.90 Å². The van der Waals surface area contributed by atoms with Gasteiger partial charge in [-0.3, -0.25) is 4.79 Å². The molecule has 0 unspecified atom stereocenters. The lowest BCUT2D eigenvalue weighted by atomic mass is 10.1. The first kappa shape index (κ1) is 17.1. The highest BCUT2D eigenvalue weighted by molar-refractivity contribution is 5.91. The molecule has 1 aromatic heterocycles. The lowest BCUT2D eigenvalue weighted by Crippen LogP contribution is -2.48. The molecule has 2 heterocycles. The fraction of sp³-hybridized carbons (Fsp3) is 0.368. The fourth-order valence-corrected chi connectivity index (χ4v) is 3.10. The first-order valence-electron chi connectivity index (χ1n) is 8.55. The molecule has 0 saturated carbocycles. The number of nitrogens with zero attached hydrogens (tertiary/aromatic N) is 3. The van der Waals surface area contributed by atoms with Crippen LogP contribution in [-0.4, -0.2) is 54.1 Å². The molecule has 1 aliphatic heterocycles. The van der Waals surface area contributed by atoms with E-state index >= 15 is 0 Å². The number of benzene rings is 1. The van der Waals surface area contributed by atoms with Gasteiger partial charge in [-0.15, -0.1) is 0 Å². The summed E-state index contributed by atoms with van der Waals surface area (Å²) in [5.74, 6) is -0.202. The van der Waals surface area contributed by atoms with Crippen LogP contribution in [0.3, 0.4) is 0 Å². The lowest BCUT2D eigenvalue weighted by molar-refractivity contribution is -0.129. The van der Waals surface area contributed by atoms with Crippen LogP contribution in [0.4, 0.5) is 5.69 Å². The number of hydrogen-bond acceptors (Lipinski definition) is 4. The number of esters is 1. The summed E-state index contributed by atoms with van der Waals surface area (Å²) in [5.41, 5.74) is 2.52. The number of rotatable bonds is 4. The van der Waals surface area contributed by atoms with Crippen molar-refractivity contribution in [3.05, 3.63) is 48.3 Å². The van der Waals surface area contributed by atoms with Crippen LogP contribution in [0.25, 0.3) is 5.69 Å². The Morgan fingerprint density at radius 3 is 2.32 bits per heavy atom. The Bertz CT molecular complexity index is 747. The SMILES string of the molecule is CCOC(=O)c1ccc(N2CCN(C(C)=O)CC2)c(-n2cccc2)c1. The van der Waals surface area contributed by atoms with Gasteiger partial charge < -0.3 is 19.1 Å². The maximum absolute atomic E-state index is 12.1. The van der Waals surface area contributed by atoms with E-state index in [1.54, 1.807) is 19.9 Å². The molecule has 25 heavy (non-hydrogen) atoms. The first-order chi connectivity index (χ1) is 12.1. The number of ether oxygens (including phenoxy) is 1. The number of anilines is 1. The van der Waals surface area contributed by atoms with Crippen molar-refractivity contribution in [3.63, 3.8) is 0 Å². The summed E-state index contributed by atoms with van der Waals surface area (Å²) in [5, 5.41) is 0. The summed E-state index contributed by atoms with van der Waals surface area (Å²) in [6, 6.07) is 9.54. The van der Waals surface area contributed by atoms with Crippen LogP contribution in [0, 0.1) is 0 Å². The molecule has 132 valence electrons. The average Bonchev–Trinajstić information content (AvgIpc) is 3.16. The zero-order valence-corrected chi connectivity index (χ0v) is 14.6. The highest BCUT2D eigenvalue weighted by Gasteiger charge is 2.22. The van der Waals surface area contributed by atoms with Gasteiger partial charge in [-0.2, -0.15) is 0 Å². The number of hydrogen-bond donors (Lipinski definition) is 0. The maximum Gasteiger partial charge on any atom is 0.338 e. The van der Waals surface area contributed by atoms with Crippen molar-refractivity contribution in [3.8, 4) is 5.69 Å². The Balaban J connectivity index is 1.91. The highest BCUT2D eigenvalue weighted by Crippen LogP contribution is 2.27. The minimum absolute atomic E-state index is 0.114. The molecule has 3 rings (SSSR count). The molecule has 2 aromatic rings. The van der Waals surface area contributed by atoms with Crippen LogP contribution in [-0.2, 0) is 9.53 Å². The Morgan fingerprint density at radius 1 is 1.04 bits per heavy atom. The summed E-state index contributed by atoms with van der Waals surface area (Å²) in [4.78, 5) is 27.7. The van der Waals surface area contributed by atoms with Crippen molar-refractivity contribution < 1.29 is 14.3 Å². The van der Waals surface area contributed by atoms with Crippen molar-refractivity contribution in [2.75, 3.05) is 37.7 Å². The smallest absolute Gasteiger partial charge is 0.338 e. The number of amides is 1. The van der Waals surface area contributed by atoms with Crippen molar-refractivity contribution in [2.45, 2.75) is 13.8 Å². The Labute approximate surface area is 147 Å². The van der Waals surface area contributed by atoms with Gasteiger partial charge in [0.2, 0.25) is 5.91 Å². The topological polar surface area (TPSA) is 54.8 Å². The lowest BCUT2D eigenvalue weighted by Gasteiger charge is -2.36. The summed E-state index contributed by atoms with van der Waals surface area (Å²) < 4.78 is 7.12. The van der Waals surface area contributed by atoms with Gasteiger partial charge in [0, 0.05) is 45.5 Å². The first-order valence-corrected chi connectivity index (χ1v) is 8.55. The predicted octanol–water partition coefficient (Wildman–Crippen LogP) is 2.32. The van der Waals surface area contributed by atoms with E-state index in [1.807, 2.05) is 46.1 Å². The predicted molar refractivity (Wildman–Crippen MR) is 96.2 cm³/mol. The molecule has 0 radical (unpaired) electrons. The molecule has 1 amide bonds. The Kier molecular flexibility index (Phi) is 5.07. The molecule has 0 spiro atoms. The monoisotopic (exact) mass is 341 g/mol. The molecule has 1 aliphatic rings. The summed E-state index contributed by atoms with van der Waals surface area (Å²) in [6.45, 7) is 6.72. The van der Waals surface area contributed by atoms with Gasteiger partial charge in [0.15, 0.2) is 0 Å². The van der Waals surface area contributed by atoms with E-state index in [-0.39, 0.29) is 11.9 Å². The average molecular weight is 341 g/mol. The summed E-state index contributed by atoms with van der Waals surface area (Å²) in [7, 11) is 0. The molecule has 6 heteroatoms. The minimum atomic E-state index is -0.316. The van der Waals surface area contributed by atoms with Crippen molar-refractivity contribution in [1.29, 1.82) is 0 Å². The van der Waals surface area contributed by atoms with E-state index < -0.39 is 0 Å². The zero-order valence-electron chi connectivity index (χ0n) is 14.6. The second-order valence-corrected chi connectivity index (χ2v) is 6.01. The van der Waals surface area contributed by atoms with E-state index in [1.165, 1.54) is 0 Å². The Morgan fingerprint density at radius 2 is 1.72 bits per heavy atom. The second-order valence-electron chi connectivity index (χ2n) is 6.01. The zero-order chi connectivity index (χ0) is 17.8. The molecule has 0 N–H and O–H groups in total. The van der Waals surface area contributed by atoms with Crippen LogP contribution >= 0.6 is 0 Å². The minimum Gasteiger partial charge on any atom is -0.462 e. The van der Waals surface area contributed by atoms with Gasteiger partial charge in [0.25, 0.3) is 0 Å². The van der Waals surface area contributed by atoms with Crippen molar-refractivity contribution >= 4 is 17.6 Å². The molecule has 0 aliphatic carbocycles. The molecule has 1 fully saturated rings. The number of carbonyl (C=O) groups is 2. The van der Waals surface area contributed by atoms with Gasteiger partial charge in [0.1, 0.15) is 0 Å². The fourth-order valence-electron chi connectivity index (χ4n) is 3.10. The molecule has 0 atom stereocenters. The van der Waals surface area contributed by atoms with Gasteiger partial charge in [-0.25, -0.2) is 4.79 Å². The standard InChI is InChI=1S/C19H23N3O3/c1-3-25-19(24)16-6-7-17(18(14-16)21-8-4-5-9-21)22-12-10-20(11-13-22)15(2)23/h4-9,14H,3,10-13H2,1-2H3. The molecule has 0 bridgehead atoms. The van der Waals surface area contributed by atoms with Gasteiger partial charge in [0.05, 0.1) is 23.5 Å². The quantitative estimate of drug-likeness (QED) is 0.801. The van der Waals surface area contributed by atoms with E-state index in [4.69, 9.17) is 4.74 Å². The molecule has 6 nitrogen and oxygen atoms in total. The van der Waals surface area contributed by atoms with Crippen LogP contribution in [0.1, 0.15) is 24.2 Å². The highest BCUT2D eigenvalue weighted by atomic mass is 16.5. The van der Waals surface area contributed by atoms with E-state index in [0.29, 0.717) is 25.3 Å². The third-order valence-electron chi connectivity index (χ3n) is 4.43. The maximum atomic E-state index is 12.1. The molecule has 1 saturated heterocycles.